The molecule has 0 aliphatic carbocycles. The lowest BCUT2D eigenvalue weighted by molar-refractivity contribution is 0.317. The van der Waals surface area contributed by atoms with Crippen LogP contribution in [0.3, 0.4) is 0 Å². The highest BCUT2D eigenvalue weighted by Crippen LogP contribution is 2.27. The van der Waals surface area contributed by atoms with Crippen molar-refractivity contribution < 1.29 is 4.74 Å². The molecule has 18 heavy (non-hydrogen) atoms. The zero-order valence-electron chi connectivity index (χ0n) is 12.0. The normalized spacial score (nSPS) is 12.4. The predicted molar refractivity (Wildman–Crippen MR) is 78.3 cm³/mol. The Kier molecular flexibility index (Phi) is 6.81. The van der Waals surface area contributed by atoms with Crippen molar-refractivity contribution in [1.82, 2.24) is 0 Å². The van der Waals surface area contributed by atoms with E-state index in [4.69, 9.17) is 10.5 Å². The summed E-state index contributed by atoms with van der Waals surface area (Å²) in [6, 6.07) is 6.53. The fraction of sp³-hybridized carbons (Fsp3) is 0.625. The van der Waals surface area contributed by atoms with Crippen LogP contribution in [0, 0.1) is 0 Å². The van der Waals surface area contributed by atoms with Crippen LogP contribution in [-0.2, 0) is 6.42 Å². The van der Waals surface area contributed by atoms with Gasteiger partial charge in [-0.3, -0.25) is 0 Å². The van der Waals surface area contributed by atoms with Gasteiger partial charge in [-0.25, -0.2) is 0 Å². The SMILES string of the molecule is CCCOc1ccc(C(C)CCCN)c(CC)c1. The Bertz CT molecular complexity index is 349. The Morgan fingerprint density at radius 2 is 2.06 bits per heavy atom. The molecule has 102 valence electrons. The molecule has 1 rings (SSSR count). The van der Waals surface area contributed by atoms with Crippen molar-refractivity contribution in [2.24, 2.45) is 5.73 Å². The summed E-state index contributed by atoms with van der Waals surface area (Å²) >= 11 is 0. The zero-order chi connectivity index (χ0) is 13.4. The summed E-state index contributed by atoms with van der Waals surface area (Å²) in [5.41, 5.74) is 8.45. The quantitative estimate of drug-likeness (QED) is 0.759. The summed E-state index contributed by atoms with van der Waals surface area (Å²) in [6.45, 7) is 8.20. The molecule has 1 aromatic carbocycles. The Balaban J connectivity index is 2.78. The monoisotopic (exact) mass is 249 g/mol. The first-order valence-corrected chi connectivity index (χ1v) is 7.18. The van der Waals surface area contributed by atoms with Gasteiger partial charge >= 0.3 is 0 Å². The van der Waals surface area contributed by atoms with Gasteiger partial charge in [-0.05, 0) is 61.4 Å². The van der Waals surface area contributed by atoms with Gasteiger partial charge in [-0.2, -0.15) is 0 Å². The van der Waals surface area contributed by atoms with Gasteiger partial charge in [0.15, 0.2) is 0 Å². The standard InChI is InChI=1S/C16H27NO/c1-4-11-18-15-8-9-16(14(5-2)12-15)13(3)7-6-10-17/h8-9,12-13H,4-7,10-11,17H2,1-3H3. The Labute approximate surface area is 112 Å². The first-order chi connectivity index (χ1) is 8.72. The third-order valence-electron chi connectivity index (χ3n) is 3.34. The van der Waals surface area contributed by atoms with E-state index in [0.29, 0.717) is 5.92 Å². The van der Waals surface area contributed by atoms with Crippen molar-refractivity contribution in [3.05, 3.63) is 29.3 Å². The second-order valence-corrected chi connectivity index (χ2v) is 4.89. The summed E-state index contributed by atoms with van der Waals surface area (Å²) < 4.78 is 5.69. The Morgan fingerprint density at radius 3 is 2.67 bits per heavy atom. The predicted octanol–water partition coefficient (Wildman–Crippen LogP) is 3.88. The van der Waals surface area contributed by atoms with Gasteiger partial charge in [0.25, 0.3) is 0 Å². The van der Waals surface area contributed by atoms with Crippen LogP contribution in [0.25, 0.3) is 0 Å². The number of nitrogens with two attached hydrogens (primary N) is 1. The molecule has 1 atom stereocenters. The van der Waals surface area contributed by atoms with Crippen molar-refractivity contribution in [2.75, 3.05) is 13.2 Å². The number of rotatable bonds is 8. The molecule has 0 aliphatic rings. The van der Waals surface area contributed by atoms with E-state index in [2.05, 4.69) is 39.0 Å². The maximum atomic E-state index is 5.69. The third kappa shape index (κ3) is 4.34. The largest absolute Gasteiger partial charge is 0.494 e. The van der Waals surface area contributed by atoms with Crippen LogP contribution >= 0.6 is 0 Å². The molecule has 0 saturated heterocycles. The minimum absolute atomic E-state index is 0.587. The number of ether oxygens (including phenoxy) is 1. The lowest BCUT2D eigenvalue weighted by atomic mass is 9.91. The van der Waals surface area contributed by atoms with E-state index < -0.39 is 0 Å². The lowest BCUT2D eigenvalue weighted by Crippen LogP contribution is -2.04. The maximum absolute atomic E-state index is 5.69. The van der Waals surface area contributed by atoms with Gasteiger partial charge in [-0.15, -0.1) is 0 Å². The van der Waals surface area contributed by atoms with E-state index >= 15 is 0 Å². The zero-order valence-corrected chi connectivity index (χ0v) is 12.0. The summed E-state index contributed by atoms with van der Waals surface area (Å²) in [7, 11) is 0. The summed E-state index contributed by atoms with van der Waals surface area (Å²) in [5, 5.41) is 0. The van der Waals surface area contributed by atoms with Gasteiger partial charge in [0.05, 0.1) is 6.61 Å². The highest BCUT2D eigenvalue weighted by Gasteiger charge is 2.10. The molecule has 0 bridgehead atoms. The van der Waals surface area contributed by atoms with Gasteiger partial charge < -0.3 is 10.5 Å². The number of benzene rings is 1. The van der Waals surface area contributed by atoms with Crippen LogP contribution in [0.1, 0.15) is 57.1 Å². The van der Waals surface area contributed by atoms with Crippen LogP contribution in [0.2, 0.25) is 0 Å². The molecule has 2 nitrogen and oxygen atoms in total. The smallest absolute Gasteiger partial charge is 0.119 e. The molecule has 1 aromatic rings. The minimum atomic E-state index is 0.587. The molecular weight excluding hydrogens is 222 g/mol. The molecular formula is C16H27NO. The van der Waals surface area contributed by atoms with Gasteiger partial charge in [0.1, 0.15) is 5.75 Å². The average Bonchev–Trinajstić information content (AvgIpc) is 2.42. The average molecular weight is 249 g/mol. The molecule has 0 saturated carbocycles. The maximum Gasteiger partial charge on any atom is 0.119 e. The molecule has 0 aliphatic heterocycles. The molecule has 0 amide bonds. The van der Waals surface area contributed by atoms with E-state index in [0.717, 1.165) is 38.2 Å². The molecule has 1 unspecified atom stereocenters. The number of aryl methyl sites for hydroxylation is 1. The van der Waals surface area contributed by atoms with Crippen LogP contribution in [0.5, 0.6) is 5.75 Å². The molecule has 0 spiro atoms. The van der Waals surface area contributed by atoms with Gasteiger partial charge in [-0.1, -0.05) is 26.8 Å². The van der Waals surface area contributed by atoms with Crippen molar-refractivity contribution in [2.45, 2.75) is 52.4 Å². The molecule has 0 fully saturated rings. The van der Waals surface area contributed by atoms with Crippen LogP contribution in [-0.4, -0.2) is 13.2 Å². The van der Waals surface area contributed by atoms with Crippen LogP contribution < -0.4 is 10.5 Å². The molecule has 0 heterocycles. The van der Waals surface area contributed by atoms with Crippen molar-refractivity contribution in [3.63, 3.8) is 0 Å². The van der Waals surface area contributed by atoms with Gasteiger partial charge in [0.2, 0.25) is 0 Å². The summed E-state index contributed by atoms with van der Waals surface area (Å²) in [5.74, 6) is 1.59. The van der Waals surface area contributed by atoms with Crippen LogP contribution in [0.15, 0.2) is 18.2 Å². The fourth-order valence-corrected chi connectivity index (χ4v) is 2.26. The molecule has 2 heteroatoms. The van der Waals surface area contributed by atoms with Crippen LogP contribution in [0.4, 0.5) is 0 Å². The Morgan fingerprint density at radius 1 is 1.28 bits per heavy atom. The topological polar surface area (TPSA) is 35.2 Å². The van der Waals surface area contributed by atoms with E-state index in [1.807, 2.05) is 0 Å². The Hall–Kier alpha value is -1.02. The number of hydrogen-bond donors (Lipinski definition) is 1. The third-order valence-corrected chi connectivity index (χ3v) is 3.34. The van der Waals surface area contributed by atoms with E-state index in [9.17, 15) is 0 Å². The fourth-order valence-electron chi connectivity index (χ4n) is 2.26. The highest BCUT2D eigenvalue weighted by atomic mass is 16.5. The first-order valence-electron chi connectivity index (χ1n) is 7.18. The molecule has 0 aromatic heterocycles. The van der Waals surface area contributed by atoms with Crippen molar-refractivity contribution in [3.8, 4) is 5.75 Å². The summed E-state index contributed by atoms with van der Waals surface area (Å²) in [6.07, 6.45) is 4.37. The minimum Gasteiger partial charge on any atom is -0.494 e. The van der Waals surface area contributed by atoms with Crippen molar-refractivity contribution >= 4 is 0 Å². The second kappa shape index (κ2) is 8.15. The summed E-state index contributed by atoms with van der Waals surface area (Å²) in [4.78, 5) is 0. The van der Waals surface area contributed by atoms with E-state index in [-0.39, 0.29) is 0 Å². The van der Waals surface area contributed by atoms with Crippen molar-refractivity contribution in [1.29, 1.82) is 0 Å². The highest BCUT2D eigenvalue weighted by molar-refractivity contribution is 5.37. The lowest BCUT2D eigenvalue weighted by Gasteiger charge is -2.17. The van der Waals surface area contributed by atoms with E-state index in [1.54, 1.807) is 0 Å². The van der Waals surface area contributed by atoms with Gasteiger partial charge in [0, 0.05) is 0 Å². The number of hydrogen-bond acceptors (Lipinski definition) is 2. The first kappa shape index (κ1) is 15.0. The second-order valence-electron chi connectivity index (χ2n) is 4.89. The van der Waals surface area contributed by atoms with E-state index in [1.165, 1.54) is 17.5 Å². The molecule has 2 N–H and O–H groups in total. The molecule has 0 radical (unpaired) electrons.